The number of hydrogen-bond acceptors (Lipinski definition) is 4. The van der Waals surface area contributed by atoms with Crippen LogP contribution in [0.15, 0.2) is 41.9 Å². The Balaban J connectivity index is 2.06. The van der Waals surface area contributed by atoms with Crippen LogP contribution < -0.4 is 5.32 Å². The number of nitrogens with one attached hydrogen (secondary N) is 1. The molecule has 0 aliphatic rings. The van der Waals surface area contributed by atoms with E-state index in [9.17, 15) is 5.11 Å². The van der Waals surface area contributed by atoms with Crippen LogP contribution in [-0.4, -0.2) is 16.7 Å². The van der Waals surface area contributed by atoms with Gasteiger partial charge in [0.2, 0.25) is 0 Å². The molecule has 0 spiro atoms. The van der Waals surface area contributed by atoms with E-state index in [0.29, 0.717) is 0 Å². The highest BCUT2D eigenvalue weighted by molar-refractivity contribution is 7.09. The normalized spacial score (nSPS) is 14.5. The molecule has 0 amide bonds. The van der Waals surface area contributed by atoms with E-state index in [1.807, 2.05) is 35.7 Å². The van der Waals surface area contributed by atoms with E-state index in [0.717, 1.165) is 10.6 Å². The van der Waals surface area contributed by atoms with Crippen molar-refractivity contribution >= 4 is 11.3 Å². The van der Waals surface area contributed by atoms with Crippen LogP contribution in [-0.2, 0) is 0 Å². The first kappa shape index (κ1) is 12.2. The molecule has 0 aliphatic heterocycles. The zero-order valence-corrected chi connectivity index (χ0v) is 10.5. The minimum atomic E-state index is -0.0462. The molecule has 0 saturated carbocycles. The van der Waals surface area contributed by atoms with Gasteiger partial charge in [-0.15, -0.1) is 11.3 Å². The zero-order valence-electron chi connectivity index (χ0n) is 9.71. The highest BCUT2D eigenvalue weighted by Crippen LogP contribution is 2.20. The fourth-order valence-corrected chi connectivity index (χ4v) is 2.42. The second kappa shape index (κ2) is 5.91. The maximum absolute atomic E-state index is 9.45. The van der Waals surface area contributed by atoms with Crippen LogP contribution in [0.4, 0.5) is 0 Å². The maximum atomic E-state index is 9.45. The van der Waals surface area contributed by atoms with Crippen LogP contribution in [0.3, 0.4) is 0 Å². The first-order valence-corrected chi connectivity index (χ1v) is 6.50. The molecule has 3 nitrogen and oxygen atoms in total. The lowest BCUT2D eigenvalue weighted by atomic mass is 10.1. The molecule has 2 rings (SSSR count). The molecule has 0 bridgehead atoms. The summed E-state index contributed by atoms with van der Waals surface area (Å²) in [7, 11) is 0. The molecule has 2 unspecified atom stereocenters. The molecular weight excluding hydrogens is 232 g/mol. The maximum Gasteiger partial charge on any atom is 0.109 e. The monoisotopic (exact) mass is 248 g/mol. The van der Waals surface area contributed by atoms with Crippen molar-refractivity contribution in [3.8, 4) is 0 Å². The van der Waals surface area contributed by atoms with Gasteiger partial charge in [-0.2, -0.15) is 0 Å². The molecular formula is C13H16N2OS. The Bertz CT molecular complexity index is 430. The molecule has 0 fully saturated rings. The molecule has 2 atom stereocenters. The molecule has 2 aromatic rings. The Hall–Kier alpha value is -1.23. The number of rotatable bonds is 5. The molecule has 90 valence electrons. The van der Waals surface area contributed by atoms with Crippen LogP contribution in [0.25, 0.3) is 0 Å². The first-order chi connectivity index (χ1) is 8.31. The lowest BCUT2D eigenvalue weighted by Crippen LogP contribution is -2.27. The summed E-state index contributed by atoms with van der Waals surface area (Å²) < 4.78 is 0. The van der Waals surface area contributed by atoms with Gasteiger partial charge in [0, 0.05) is 11.6 Å². The van der Waals surface area contributed by atoms with Crippen LogP contribution in [0.2, 0.25) is 0 Å². The van der Waals surface area contributed by atoms with Crippen molar-refractivity contribution in [2.45, 2.75) is 19.0 Å². The lowest BCUT2D eigenvalue weighted by Gasteiger charge is -2.20. The number of thiazole rings is 1. The summed E-state index contributed by atoms with van der Waals surface area (Å²) in [6, 6.07) is 10.1. The van der Waals surface area contributed by atoms with Crippen molar-refractivity contribution in [1.82, 2.24) is 10.3 Å². The second-order valence-electron chi connectivity index (χ2n) is 3.90. The predicted octanol–water partition coefficient (Wildman–Crippen LogP) is 2.53. The van der Waals surface area contributed by atoms with Crippen LogP contribution in [0.5, 0.6) is 0 Å². The van der Waals surface area contributed by atoms with Crippen molar-refractivity contribution in [3.63, 3.8) is 0 Å². The second-order valence-corrected chi connectivity index (χ2v) is 4.83. The molecule has 0 radical (unpaired) electrons. The number of aliphatic hydroxyl groups is 1. The number of nitrogens with zero attached hydrogens (tertiary/aromatic N) is 1. The third kappa shape index (κ3) is 3.12. The Kier molecular flexibility index (Phi) is 4.25. The van der Waals surface area contributed by atoms with Crippen molar-refractivity contribution in [3.05, 3.63) is 52.5 Å². The number of aliphatic hydroxyl groups excluding tert-OH is 1. The lowest BCUT2D eigenvalue weighted by molar-refractivity contribution is 0.235. The van der Waals surface area contributed by atoms with Gasteiger partial charge < -0.3 is 5.11 Å². The highest BCUT2D eigenvalue weighted by Gasteiger charge is 2.15. The summed E-state index contributed by atoms with van der Waals surface area (Å²) in [5.41, 5.74) is 1.10. The van der Waals surface area contributed by atoms with Crippen molar-refractivity contribution < 1.29 is 5.11 Å². The van der Waals surface area contributed by atoms with Crippen LogP contribution >= 0.6 is 11.3 Å². The standard InChI is InChI=1S/C13H16N2OS/c1-10(13-14-7-8-17-13)15-12(9-16)11-5-3-2-4-6-11/h2-8,10,12,15-16H,9H2,1H3. The summed E-state index contributed by atoms with van der Waals surface area (Å²) in [6.07, 6.45) is 1.80. The Morgan fingerprint density at radius 1 is 1.35 bits per heavy atom. The summed E-state index contributed by atoms with van der Waals surface area (Å²) in [5.74, 6) is 0. The number of hydrogen-bond donors (Lipinski definition) is 2. The van der Waals surface area contributed by atoms with Gasteiger partial charge in [0.05, 0.1) is 18.7 Å². The molecule has 2 N–H and O–H groups in total. The van der Waals surface area contributed by atoms with E-state index < -0.39 is 0 Å². The highest BCUT2D eigenvalue weighted by atomic mass is 32.1. The summed E-state index contributed by atoms with van der Waals surface area (Å²) in [6.45, 7) is 2.14. The molecule has 0 aliphatic carbocycles. The van der Waals surface area contributed by atoms with Gasteiger partial charge in [-0.05, 0) is 12.5 Å². The Morgan fingerprint density at radius 3 is 2.71 bits per heavy atom. The van der Waals surface area contributed by atoms with E-state index in [-0.39, 0.29) is 18.7 Å². The van der Waals surface area contributed by atoms with Gasteiger partial charge >= 0.3 is 0 Å². The zero-order chi connectivity index (χ0) is 12.1. The van der Waals surface area contributed by atoms with Crippen molar-refractivity contribution in [1.29, 1.82) is 0 Å². The first-order valence-electron chi connectivity index (χ1n) is 5.62. The van der Waals surface area contributed by atoms with Crippen LogP contribution in [0.1, 0.15) is 29.6 Å². The summed E-state index contributed by atoms with van der Waals surface area (Å²) in [4.78, 5) is 4.27. The Labute approximate surface area is 105 Å². The molecule has 17 heavy (non-hydrogen) atoms. The third-order valence-electron chi connectivity index (χ3n) is 2.66. The van der Waals surface area contributed by atoms with E-state index in [1.54, 1.807) is 17.5 Å². The minimum Gasteiger partial charge on any atom is -0.394 e. The summed E-state index contributed by atoms with van der Waals surface area (Å²) in [5, 5.41) is 15.8. The van der Waals surface area contributed by atoms with E-state index in [1.165, 1.54) is 0 Å². The molecule has 1 aromatic carbocycles. The average Bonchev–Trinajstić information content (AvgIpc) is 2.90. The largest absolute Gasteiger partial charge is 0.394 e. The van der Waals surface area contributed by atoms with Gasteiger partial charge in [0.25, 0.3) is 0 Å². The summed E-state index contributed by atoms with van der Waals surface area (Å²) >= 11 is 1.62. The SMILES string of the molecule is CC(NC(CO)c1ccccc1)c1nccs1. The predicted molar refractivity (Wildman–Crippen MR) is 69.9 cm³/mol. The minimum absolute atomic E-state index is 0.0462. The quantitative estimate of drug-likeness (QED) is 0.854. The fraction of sp³-hybridized carbons (Fsp3) is 0.308. The topological polar surface area (TPSA) is 45.1 Å². The number of aromatic nitrogens is 1. The van der Waals surface area contributed by atoms with Crippen LogP contribution in [0, 0.1) is 0 Å². The molecule has 0 saturated heterocycles. The smallest absolute Gasteiger partial charge is 0.109 e. The van der Waals surface area contributed by atoms with Gasteiger partial charge in [0.1, 0.15) is 5.01 Å². The number of benzene rings is 1. The van der Waals surface area contributed by atoms with Gasteiger partial charge in [-0.1, -0.05) is 30.3 Å². The molecule has 1 heterocycles. The van der Waals surface area contributed by atoms with Crippen molar-refractivity contribution in [2.75, 3.05) is 6.61 Å². The van der Waals surface area contributed by atoms with E-state index in [4.69, 9.17) is 0 Å². The van der Waals surface area contributed by atoms with E-state index in [2.05, 4.69) is 17.2 Å². The van der Waals surface area contributed by atoms with Crippen molar-refractivity contribution in [2.24, 2.45) is 0 Å². The Morgan fingerprint density at radius 2 is 2.12 bits per heavy atom. The van der Waals surface area contributed by atoms with Gasteiger partial charge in [0.15, 0.2) is 0 Å². The molecule has 4 heteroatoms. The van der Waals surface area contributed by atoms with Gasteiger partial charge in [-0.3, -0.25) is 5.32 Å². The molecule has 1 aromatic heterocycles. The van der Waals surface area contributed by atoms with Gasteiger partial charge in [-0.25, -0.2) is 4.98 Å². The fourth-order valence-electron chi connectivity index (χ4n) is 1.76. The average molecular weight is 248 g/mol. The van der Waals surface area contributed by atoms with E-state index >= 15 is 0 Å². The third-order valence-corrected chi connectivity index (χ3v) is 3.62.